The molecular weight excluding hydrogens is 218 g/mol. The summed E-state index contributed by atoms with van der Waals surface area (Å²) in [5, 5.41) is 14.0. The van der Waals surface area contributed by atoms with Crippen molar-refractivity contribution in [3.05, 3.63) is 0 Å². The predicted octanol–water partition coefficient (Wildman–Crippen LogP) is 1.08. The highest BCUT2D eigenvalue weighted by molar-refractivity contribution is 5.79. The van der Waals surface area contributed by atoms with Gasteiger partial charge < -0.3 is 15.2 Å². The largest absolute Gasteiger partial charge is 0.469 e. The first kappa shape index (κ1) is 12.8. The molecule has 1 heterocycles. The molecule has 0 unspecified atom stereocenters. The molecule has 1 aliphatic heterocycles. The molecule has 0 atom stereocenters. The highest BCUT2D eigenvalue weighted by atomic mass is 16.5. The van der Waals surface area contributed by atoms with Crippen molar-refractivity contribution in [2.24, 2.45) is 10.8 Å². The van der Waals surface area contributed by atoms with Gasteiger partial charge in [0.2, 0.25) is 0 Å². The Morgan fingerprint density at radius 1 is 1.24 bits per heavy atom. The minimum atomic E-state index is -0.869. The molecule has 0 amide bonds. The molecule has 0 aromatic heterocycles. The number of nitrogens with one attached hydrogen (secondary N) is 1. The van der Waals surface area contributed by atoms with Crippen LogP contribution < -0.4 is 5.32 Å². The lowest BCUT2D eigenvalue weighted by Crippen LogP contribution is -2.65. The average molecular weight is 241 g/mol. The number of piperidine rings is 1. The van der Waals surface area contributed by atoms with Gasteiger partial charge in [-0.1, -0.05) is 13.8 Å². The molecule has 2 N–H and O–H groups in total. The Morgan fingerprint density at radius 3 is 2.18 bits per heavy atom. The van der Waals surface area contributed by atoms with Gasteiger partial charge in [0, 0.05) is 0 Å². The molecule has 2 fully saturated rings. The summed E-state index contributed by atoms with van der Waals surface area (Å²) in [6.07, 6.45) is 2.72. The van der Waals surface area contributed by atoms with Crippen molar-refractivity contribution in [3.63, 3.8) is 0 Å². The van der Waals surface area contributed by atoms with E-state index >= 15 is 0 Å². The number of aliphatic hydroxyl groups is 1. The number of ether oxygens (including phenoxy) is 1. The van der Waals surface area contributed by atoms with Crippen LogP contribution in [0.3, 0.4) is 0 Å². The highest BCUT2D eigenvalue weighted by Crippen LogP contribution is 2.59. The topological polar surface area (TPSA) is 58.6 Å². The molecule has 0 bridgehead atoms. The summed E-state index contributed by atoms with van der Waals surface area (Å²) in [4.78, 5) is 12.1. The van der Waals surface area contributed by atoms with Crippen LogP contribution in [0.15, 0.2) is 0 Å². The third kappa shape index (κ3) is 1.87. The van der Waals surface area contributed by atoms with E-state index in [1.807, 2.05) is 0 Å². The Balaban J connectivity index is 2.25. The first-order valence-corrected chi connectivity index (χ1v) is 6.37. The summed E-state index contributed by atoms with van der Waals surface area (Å²) >= 11 is 0. The lowest BCUT2D eigenvalue weighted by Gasteiger charge is -2.59. The minimum absolute atomic E-state index is 0.140. The van der Waals surface area contributed by atoms with E-state index in [4.69, 9.17) is 4.74 Å². The van der Waals surface area contributed by atoms with E-state index in [1.165, 1.54) is 7.11 Å². The molecule has 0 radical (unpaired) electrons. The molecule has 0 spiro atoms. The SMILES string of the molecule is COC(=O)C1(C2(O)CC(C)(C)C2)CCNCC1. The van der Waals surface area contributed by atoms with Crippen LogP contribution in [0, 0.1) is 10.8 Å². The number of carbonyl (C=O) groups is 1. The van der Waals surface area contributed by atoms with Gasteiger partial charge in [-0.3, -0.25) is 4.79 Å². The van der Waals surface area contributed by atoms with Crippen LogP contribution in [-0.2, 0) is 9.53 Å². The number of rotatable bonds is 2. The molecular formula is C13H23NO3. The van der Waals surface area contributed by atoms with E-state index in [9.17, 15) is 9.90 Å². The number of carbonyl (C=O) groups excluding carboxylic acids is 1. The van der Waals surface area contributed by atoms with E-state index in [2.05, 4.69) is 19.2 Å². The van der Waals surface area contributed by atoms with Crippen LogP contribution in [-0.4, -0.2) is 36.9 Å². The van der Waals surface area contributed by atoms with Gasteiger partial charge >= 0.3 is 5.97 Å². The van der Waals surface area contributed by atoms with Crippen molar-refractivity contribution >= 4 is 5.97 Å². The molecule has 1 saturated heterocycles. The van der Waals surface area contributed by atoms with Gasteiger partial charge in [0.25, 0.3) is 0 Å². The standard InChI is InChI=1S/C13H23NO3/c1-11(2)8-13(16,9-11)12(10(15)17-3)4-6-14-7-5-12/h14,16H,4-9H2,1-3H3. The summed E-state index contributed by atoms with van der Waals surface area (Å²) in [7, 11) is 1.42. The van der Waals surface area contributed by atoms with Crippen molar-refractivity contribution < 1.29 is 14.6 Å². The second-order valence-electron chi connectivity index (χ2n) is 6.37. The molecule has 2 rings (SSSR count). The van der Waals surface area contributed by atoms with Crippen LogP contribution in [0.2, 0.25) is 0 Å². The zero-order valence-corrected chi connectivity index (χ0v) is 11.0. The molecule has 2 aliphatic rings. The maximum Gasteiger partial charge on any atom is 0.314 e. The van der Waals surface area contributed by atoms with Gasteiger partial charge in [0.05, 0.1) is 18.1 Å². The van der Waals surface area contributed by atoms with Crippen LogP contribution in [0.25, 0.3) is 0 Å². The number of methoxy groups -OCH3 is 1. The fourth-order valence-corrected chi connectivity index (χ4v) is 3.78. The van der Waals surface area contributed by atoms with Gasteiger partial charge in [0.1, 0.15) is 0 Å². The maximum atomic E-state index is 12.1. The Morgan fingerprint density at radius 2 is 1.76 bits per heavy atom. The molecule has 0 aromatic carbocycles. The van der Waals surface area contributed by atoms with E-state index in [0.29, 0.717) is 25.7 Å². The first-order valence-electron chi connectivity index (χ1n) is 6.37. The first-order chi connectivity index (χ1) is 7.85. The van der Waals surface area contributed by atoms with Crippen molar-refractivity contribution in [1.29, 1.82) is 0 Å². The fraction of sp³-hybridized carbons (Fsp3) is 0.923. The van der Waals surface area contributed by atoms with Crippen LogP contribution in [0.5, 0.6) is 0 Å². The smallest absolute Gasteiger partial charge is 0.314 e. The molecule has 4 heteroatoms. The van der Waals surface area contributed by atoms with Gasteiger partial charge in [-0.15, -0.1) is 0 Å². The van der Waals surface area contributed by atoms with Crippen molar-refractivity contribution in [2.75, 3.05) is 20.2 Å². The summed E-state index contributed by atoms with van der Waals surface area (Å²) < 4.78 is 4.96. The van der Waals surface area contributed by atoms with E-state index in [0.717, 1.165) is 13.1 Å². The number of esters is 1. The monoisotopic (exact) mass is 241 g/mol. The van der Waals surface area contributed by atoms with Crippen LogP contribution in [0.4, 0.5) is 0 Å². The van der Waals surface area contributed by atoms with Gasteiger partial charge in [-0.25, -0.2) is 0 Å². The summed E-state index contributed by atoms with van der Waals surface area (Å²) in [5.41, 5.74) is -1.42. The zero-order chi connectivity index (χ0) is 12.7. The Hall–Kier alpha value is -0.610. The third-order valence-corrected chi connectivity index (χ3v) is 4.47. The summed E-state index contributed by atoms with van der Waals surface area (Å²) in [6, 6.07) is 0. The highest BCUT2D eigenvalue weighted by Gasteiger charge is 2.64. The van der Waals surface area contributed by atoms with Gasteiger partial charge in [0.15, 0.2) is 0 Å². The maximum absolute atomic E-state index is 12.1. The molecule has 17 heavy (non-hydrogen) atoms. The lowest BCUT2D eigenvalue weighted by molar-refractivity contribution is -0.218. The molecule has 4 nitrogen and oxygen atoms in total. The summed E-state index contributed by atoms with van der Waals surface area (Å²) in [5.74, 6) is -0.239. The zero-order valence-electron chi connectivity index (χ0n) is 11.0. The molecule has 1 saturated carbocycles. The molecule has 1 aliphatic carbocycles. The van der Waals surface area contributed by atoms with E-state index in [-0.39, 0.29) is 11.4 Å². The summed E-state index contributed by atoms with van der Waals surface area (Å²) in [6.45, 7) is 5.82. The van der Waals surface area contributed by atoms with E-state index in [1.54, 1.807) is 0 Å². The Bertz CT molecular complexity index is 311. The predicted molar refractivity (Wildman–Crippen MR) is 64.5 cm³/mol. The van der Waals surface area contributed by atoms with E-state index < -0.39 is 11.0 Å². The minimum Gasteiger partial charge on any atom is -0.469 e. The van der Waals surface area contributed by atoms with Crippen molar-refractivity contribution in [3.8, 4) is 0 Å². The molecule has 98 valence electrons. The normalized spacial score (nSPS) is 29.2. The Kier molecular flexibility index (Phi) is 2.99. The lowest BCUT2D eigenvalue weighted by atomic mass is 9.49. The van der Waals surface area contributed by atoms with Gasteiger partial charge in [-0.2, -0.15) is 0 Å². The second-order valence-corrected chi connectivity index (χ2v) is 6.37. The quantitative estimate of drug-likeness (QED) is 0.710. The fourth-order valence-electron chi connectivity index (χ4n) is 3.78. The Labute approximate surface area is 103 Å². The number of hydrogen-bond acceptors (Lipinski definition) is 4. The number of hydrogen-bond donors (Lipinski definition) is 2. The third-order valence-electron chi connectivity index (χ3n) is 4.47. The molecule has 0 aromatic rings. The van der Waals surface area contributed by atoms with Gasteiger partial charge in [-0.05, 0) is 44.2 Å². The second kappa shape index (κ2) is 3.95. The van der Waals surface area contributed by atoms with Crippen LogP contribution in [0.1, 0.15) is 39.5 Å². The van der Waals surface area contributed by atoms with Crippen molar-refractivity contribution in [2.45, 2.75) is 45.1 Å². The van der Waals surface area contributed by atoms with Crippen molar-refractivity contribution in [1.82, 2.24) is 5.32 Å². The average Bonchev–Trinajstić information content (AvgIpc) is 2.26. The van der Waals surface area contributed by atoms with Crippen LogP contribution >= 0.6 is 0 Å².